The lowest BCUT2D eigenvalue weighted by atomic mass is 10.1. The maximum atomic E-state index is 12.6. The van der Waals surface area contributed by atoms with Crippen LogP contribution in [0.2, 0.25) is 0 Å². The van der Waals surface area contributed by atoms with Crippen molar-refractivity contribution in [2.24, 2.45) is 0 Å². The van der Waals surface area contributed by atoms with Crippen molar-refractivity contribution in [1.82, 2.24) is 14.8 Å². The van der Waals surface area contributed by atoms with Gasteiger partial charge in [-0.05, 0) is 32.9 Å². The minimum absolute atomic E-state index is 0.0778. The van der Waals surface area contributed by atoms with Crippen molar-refractivity contribution >= 4 is 22.8 Å². The lowest BCUT2D eigenvalue weighted by molar-refractivity contribution is -0.129. The van der Waals surface area contributed by atoms with Crippen molar-refractivity contribution in [2.75, 3.05) is 38.5 Å². The number of amides is 2. The van der Waals surface area contributed by atoms with Crippen LogP contribution in [-0.4, -0.2) is 69.5 Å². The van der Waals surface area contributed by atoms with Gasteiger partial charge in [-0.15, -0.1) is 0 Å². The molecule has 1 fully saturated rings. The summed E-state index contributed by atoms with van der Waals surface area (Å²) in [7, 11) is -1.40. The molecule has 0 radical (unpaired) electrons. The fourth-order valence-electron chi connectivity index (χ4n) is 3.17. The predicted molar refractivity (Wildman–Crippen MR) is 113 cm³/mol. The summed E-state index contributed by atoms with van der Waals surface area (Å²) >= 11 is 0. The van der Waals surface area contributed by atoms with Gasteiger partial charge in [-0.2, -0.15) is 0 Å². The quantitative estimate of drug-likeness (QED) is 0.695. The SMILES string of the molecule is CCOC(=O)N1CCN(C(=O)CS(=O)Cc2nc(-c3ccc(C)cc3)oc2C)CC1. The largest absolute Gasteiger partial charge is 0.450 e. The van der Waals surface area contributed by atoms with Gasteiger partial charge < -0.3 is 19.0 Å². The molecule has 1 aliphatic rings. The van der Waals surface area contributed by atoms with Crippen LogP contribution >= 0.6 is 0 Å². The van der Waals surface area contributed by atoms with Gasteiger partial charge in [0, 0.05) is 42.5 Å². The van der Waals surface area contributed by atoms with Gasteiger partial charge in [-0.1, -0.05) is 17.7 Å². The molecule has 1 aliphatic heterocycles. The molecule has 1 aromatic carbocycles. The molecule has 0 N–H and O–H groups in total. The average molecular weight is 434 g/mol. The summed E-state index contributed by atoms with van der Waals surface area (Å²) in [5, 5.41) is 0. The Balaban J connectivity index is 1.53. The molecule has 30 heavy (non-hydrogen) atoms. The number of hydrogen-bond acceptors (Lipinski definition) is 6. The number of hydrogen-bond donors (Lipinski definition) is 0. The van der Waals surface area contributed by atoms with E-state index < -0.39 is 10.8 Å². The molecular weight excluding hydrogens is 406 g/mol. The van der Waals surface area contributed by atoms with Gasteiger partial charge in [-0.25, -0.2) is 9.78 Å². The number of piperazine rings is 1. The molecule has 0 spiro atoms. The minimum Gasteiger partial charge on any atom is -0.450 e. The molecule has 1 aromatic heterocycles. The van der Waals surface area contributed by atoms with E-state index >= 15 is 0 Å². The van der Waals surface area contributed by atoms with Gasteiger partial charge in [0.05, 0.1) is 18.1 Å². The van der Waals surface area contributed by atoms with E-state index in [1.807, 2.05) is 31.2 Å². The van der Waals surface area contributed by atoms with Crippen LogP contribution < -0.4 is 0 Å². The third-order valence-corrected chi connectivity index (χ3v) is 6.10. The van der Waals surface area contributed by atoms with E-state index in [0.717, 1.165) is 11.1 Å². The highest BCUT2D eigenvalue weighted by molar-refractivity contribution is 7.84. The maximum absolute atomic E-state index is 12.6. The highest BCUT2D eigenvalue weighted by Gasteiger charge is 2.26. The number of carbonyl (C=O) groups is 2. The van der Waals surface area contributed by atoms with Crippen molar-refractivity contribution in [3.63, 3.8) is 0 Å². The van der Waals surface area contributed by atoms with Crippen molar-refractivity contribution in [3.8, 4) is 11.5 Å². The number of benzene rings is 1. The van der Waals surface area contributed by atoms with Crippen LogP contribution in [0, 0.1) is 13.8 Å². The second-order valence-electron chi connectivity index (χ2n) is 7.18. The number of ether oxygens (including phenoxy) is 1. The molecular formula is C21H27N3O5S. The van der Waals surface area contributed by atoms with Gasteiger partial charge >= 0.3 is 6.09 Å². The van der Waals surface area contributed by atoms with Crippen molar-refractivity contribution in [3.05, 3.63) is 41.3 Å². The second kappa shape index (κ2) is 9.88. The first-order valence-electron chi connectivity index (χ1n) is 9.95. The summed E-state index contributed by atoms with van der Waals surface area (Å²) in [6, 6.07) is 7.82. The molecule has 2 heterocycles. The van der Waals surface area contributed by atoms with Crippen molar-refractivity contribution in [1.29, 1.82) is 0 Å². The Morgan fingerprint density at radius 1 is 1.10 bits per heavy atom. The Morgan fingerprint density at radius 2 is 1.73 bits per heavy atom. The molecule has 1 atom stereocenters. The van der Waals surface area contributed by atoms with E-state index in [4.69, 9.17) is 9.15 Å². The summed E-state index contributed by atoms with van der Waals surface area (Å²) in [6.07, 6.45) is -0.362. The number of aryl methyl sites for hydroxylation is 2. The smallest absolute Gasteiger partial charge is 0.409 e. The van der Waals surface area contributed by atoms with Crippen LogP contribution in [-0.2, 0) is 26.1 Å². The monoisotopic (exact) mass is 433 g/mol. The fourth-order valence-corrected chi connectivity index (χ4v) is 4.30. The molecule has 8 nitrogen and oxygen atoms in total. The number of nitrogens with zero attached hydrogens (tertiary/aromatic N) is 3. The summed E-state index contributed by atoms with van der Waals surface area (Å²) in [4.78, 5) is 31.9. The van der Waals surface area contributed by atoms with Gasteiger partial charge in [0.2, 0.25) is 11.8 Å². The van der Waals surface area contributed by atoms with E-state index in [0.29, 0.717) is 50.1 Å². The fraction of sp³-hybridized carbons (Fsp3) is 0.476. The van der Waals surface area contributed by atoms with Crippen LogP contribution in [0.1, 0.15) is 23.9 Å². The molecule has 162 valence electrons. The van der Waals surface area contributed by atoms with E-state index in [9.17, 15) is 13.8 Å². The standard InChI is InChI=1S/C21H27N3O5S/c1-4-28-21(26)24-11-9-23(10-12-24)19(25)14-30(27)13-18-16(3)29-20(22-18)17-7-5-15(2)6-8-17/h5-8H,4,9-14H2,1-3H3. The average Bonchev–Trinajstić information content (AvgIpc) is 3.08. The highest BCUT2D eigenvalue weighted by Crippen LogP contribution is 2.23. The van der Waals surface area contributed by atoms with E-state index in [1.54, 1.807) is 23.6 Å². The summed E-state index contributed by atoms with van der Waals surface area (Å²) in [5.74, 6) is 0.994. The zero-order valence-corrected chi connectivity index (χ0v) is 18.4. The number of carbonyl (C=O) groups excluding carboxylic acids is 2. The second-order valence-corrected chi connectivity index (χ2v) is 8.64. The molecule has 2 aromatic rings. The summed E-state index contributed by atoms with van der Waals surface area (Å²) < 4.78 is 23.3. The van der Waals surface area contributed by atoms with Crippen LogP contribution in [0.25, 0.3) is 11.5 Å². The molecule has 9 heteroatoms. The van der Waals surface area contributed by atoms with Crippen LogP contribution in [0.5, 0.6) is 0 Å². The molecule has 0 aliphatic carbocycles. The Kier molecular flexibility index (Phi) is 7.25. The van der Waals surface area contributed by atoms with E-state index in [2.05, 4.69) is 4.98 Å². The first-order chi connectivity index (χ1) is 14.4. The third-order valence-electron chi connectivity index (χ3n) is 4.93. The number of oxazole rings is 1. The maximum Gasteiger partial charge on any atom is 0.409 e. The van der Waals surface area contributed by atoms with Crippen LogP contribution in [0.15, 0.2) is 28.7 Å². The molecule has 1 saturated heterocycles. The molecule has 2 amide bonds. The Labute approximate surface area is 178 Å². The van der Waals surface area contributed by atoms with Gasteiger partial charge in [0.25, 0.3) is 0 Å². The Hall–Kier alpha value is -2.68. The molecule has 0 bridgehead atoms. The van der Waals surface area contributed by atoms with Crippen molar-refractivity contribution in [2.45, 2.75) is 26.5 Å². The predicted octanol–water partition coefficient (Wildman–Crippen LogP) is 2.51. The molecule has 0 saturated carbocycles. The zero-order chi connectivity index (χ0) is 21.7. The first-order valence-corrected chi connectivity index (χ1v) is 11.4. The highest BCUT2D eigenvalue weighted by atomic mass is 32.2. The van der Waals surface area contributed by atoms with Crippen molar-refractivity contribution < 1.29 is 23.0 Å². The third kappa shape index (κ3) is 5.47. The van der Waals surface area contributed by atoms with E-state index in [1.165, 1.54) is 0 Å². The lowest BCUT2D eigenvalue weighted by Crippen LogP contribution is -2.51. The van der Waals surface area contributed by atoms with Crippen LogP contribution in [0.4, 0.5) is 4.79 Å². The van der Waals surface area contributed by atoms with E-state index in [-0.39, 0.29) is 23.5 Å². The number of rotatable bonds is 6. The topological polar surface area (TPSA) is 93.0 Å². The Morgan fingerprint density at radius 3 is 2.37 bits per heavy atom. The Bertz CT molecular complexity index is 917. The minimum atomic E-state index is -1.40. The summed E-state index contributed by atoms with van der Waals surface area (Å²) in [6.45, 7) is 7.53. The molecule has 3 rings (SSSR count). The van der Waals surface area contributed by atoms with Crippen LogP contribution in [0.3, 0.4) is 0 Å². The van der Waals surface area contributed by atoms with Gasteiger partial charge in [0.1, 0.15) is 11.5 Å². The number of aromatic nitrogens is 1. The molecule has 1 unspecified atom stereocenters. The van der Waals surface area contributed by atoms with Gasteiger partial charge in [-0.3, -0.25) is 9.00 Å². The summed E-state index contributed by atoms with van der Waals surface area (Å²) in [5.41, 5.74) is 2.60. The first kappa shape index (κ1) is 22.0. The lowest BCUT2D eigenvalue weighted by Gasteiger charge is -2.34. The normalized spacial score (nSPS) is 15.2. The van der Waals surface area contributed by atoms with Gasteiger partial charge in [0.15, 0.2) is 0 Å². The zero-order valence-electron chi connectivity index (χ0n) is 17.6.